The molecule has 0 bridgehead atoms. The van der Waals surface area contributed by atoms with Crippen LogP contribution >= 0.6 is 27.7 Å². The van der Waals surface area contributed by atoms with Gasteiger partial charge in [0, 0.05) is 9.37 Å². The van der Waals surface area contributed by atoms with E-state index in [9.17, 15) is 0 Å². The molecule has 1 saturated heterocycles. The fourth-order valence-corrected chi connectivity index (χ4v) is 3.32. The molecule has 1 unspecified atom stereocenters. The molecule has 1 atom stereocenters. The van der Waals surface area contributed by atoms with Crippen LogP contribution in [0, 0.1) is 5.92 Å². The standard InChI is InChI=1S/C13H18BrNS/c14-12-3-5-13(6-4-12)16-9-7-11-2-1-8-15-10-11/h3-6,11,15H,1-2,7-10H2. The van der Waals surface area contributed by atoms with E-state index in [-0.39, 0.29) is 0 Å². The minimum absolute atomic E-state index is 0.900. The average molecular weight is 300 g/mol. The Balaban J connectivity index is 1.69. The lowest BCUT2D eigenvalue weighted by molar-refractivity contribution is 0.371. The maximum atomic E-state index is 3.48. The maximum absolute atomic E-state index is 3.48. The van der Waals surface area contributed by atoms with Crippen molar-refractivity contribution in [1.82, 2.24) is 5.32 Å². The monoisotopic (exact) mass is 299 g/mol. The summed E-state index contributed by atoms with van der Waals surface area (Å²) < 4.78 is 1.16. The number of piperidine rings is 1. The summed E-state index contributed by atoms with van der Waals surface area (Å²) in [6, 6.07) is 8.61. The van der Waals surface area contributed by atoms with E-state index < -0.39 is 0 Å². The zero-order valence-electron chi connectivity index (χ0n) is 9.42. The van der Waals surface area contributed by atoms with Crippen molar-refractivity contribution in [1.29, 1.82) is 0 Å². The van der Waals surface area contributed by atoms with Crippen molar-refractivity contribution in [2.45, 2.75) is 24.2 Å². The smallest absolute Gasteiger partial charge is 0.0176 e. The van der Waals surface area contributed by atoms with Crippen molar-refractivity contribution in [3.63, 3.8) is 0 Å². The van der Waals surface area contributed by atoms with Gasteiger partial charge in [-0.3, -0.25) is 0 Å². The van der Waals surface area contributed by atoms with Crippen LogP contribution in [-0.4, -0.2) is 18.8 Å². The number of hydrogen-bond acceptors (Lipinski definition) is 2. The first-order valence-electron chi connectivity index (χ1n) is 5.94. The Morgan fingerprint density at radius 1 is 1.31 bits per heavy atom. The van der Waals surface area contributed by atoms with E-state index in [1.165, 1.54) is 43.0 Å². The maximum Gasteiger partial charge on any atom is 0.0176 e. The fourth-order valence-electron chi connectivity index (χ4n) is 2.04. The molecule has 0 saturated carbocycles. The molecule has 1 aromatic rings. The number of rotatable bonds is 4. The number of halogens is 1. The molecular weight excluding hydrogens is 282 g/mol. The Kier molecular flexibility index (Phi) is 5.20. The Morgan fingerprint density at radius 3 is 2.81 bits per heavy atom. The largest absolute Gasteiger partial charge is 0.316 e. The van der Waals surface area contributed by atoms with Gasteiger partial charge in [-0.15, -0.1) is 11.8 Å². The number of thioether (sulfide) groups is 1. The summed E-state index contributed by atoms with van der Waals surface area (Å²) in [7, 11) is 0. The highest BCUT2D eigenvalue weighted by molar-refractivity contribution is 9.10. The van der Waals surface area contributed by atoms with E-state index >= 15 is 0 Å². The third-order valence-electron chi connectivity index (χ3n) is 3.01. The van der Waals surface area contributed by atoms with E-state index in [1.54, 1.807) is 0 Å². The summed E-state index contributed by atoms with van der Waals surface area (Å²) in [6.45, 7) is 2.44. The summed E-state index contributed by atoms with van der Waals surface area (Å²) in [5.74, 6) is 2.14. The first kappa shape index (κ1) is 12.5. The third-order valence-corrected chi connectivity index (χ3v) is 4.58. The van der Waals surface area contributed by atoms with Crippen molar-refractivity contribution < 1.29 is 0 Å². The quantitative estimate of drug-likeness (QED) is 0.846. The molecule has 2 rings (SSSR count). The van der Waals surface area contributed by atoms with Crippen molar-refractivity contribution in [2.24, 2.45) is 5.92 Å². The Bertz CT molecular complexity index is 306. The molecule has 1 aromatic carbocycles. The number of nitrogens with one attached hydrogen (secondary N) is 1. The van der Waals surface area contributed by atoms with Gasteiger partial charge >= 0.3 is 0 Å². The van der Waals surface area contributed by atoms with Crippen LogP contribution in [0.25, 0.3) is 0 Å². The van der Waals surface area contributed by atoms with Crippen LogP contribution in [-0.2, 0) is 0 Å². The van der Waals surface area contributed by atoms with Gasteiger partial charge < -0.3 is 5.32 Å². The lowest BCUT2D eigenvalue weighted by atomic mass is 9.97. The highest BCUT2D eigenvalue weighted by atomic mass is 79.9. The molecule has 0 spiro atoms. The van der Waals surface area contributed by atoms with Crippen LogP contribution in [0.15, 0.2) is 33.6 Å². The van der Waals surface area contributed by atoms with Crippen molar-refractivity contribution in [3.8, 4) is 0 Å². The first-order chi connectivity index (χ1) is 7.84. The molecule has 1 fully saturated rings. The second-order valence-corrected chi connectivity index (χ2v) is 6.39. The Morgan fingerprint density at radius 2 is 2.12 bits per heavy atom. The first-order valence-corrected chi connectivity index (χ1v) is 7.71. The van der Waals surface area contributed by atoms with Gasteiger partial charge in [-0.25, -0.2) is 0 Å². The summed E-state index contributed by atoms with van der Waals surface area (Å²) in [5, 5.41) is 3.48. The predicted molar refractivity (Wildman–Crippen MR) is 75.1 cm³/mol. The topological polar surface area (TPSA) is 12.0 Å². The van der Waals surface area contributed by atoms with Crippen molar-refractivity contribution in [2.75, 3.05) is 18.8 Å². The van der Waals surface area contributed by atoms with Crippen LogP contribution in [0.1, 0.15) is 19.3 Å². The van der Waals surface area contributed by atoms with Crippen LogP contribution in [0.5, 0.6) is 0 Å². The van der Waals surface area contributed by atoms with Crippen molar-refractivity contribution in [3.05, 3.63) is 28.7 Å². The fraction of sp³-hybridized carbons (Fsp3) is 0.538. The molecule has 88 valence electrons. The lowest BCUT2D eigenvalue weighted by Gasteiger charge is -2.22. The van der Waals surface area contributed by atoms with E-state index in [2.05, 4.69) is 45.5 Å². The summed E-state index contributed by atoms with van der Waals surface area (Å²) in [6.07, 6.45) is 4.11. The molecule has 1 aliphatic rings. The normalized spacial score (nSPS) is 20.9. The van der Waals surface area contributed by atoms with Crippen molar-refractivity contribution >= 4 is 27.7 Å². The molecule has 0 aliphatic carbocycles. The molecule has 1 aliphatic heterocycles. The van der Waals surface area contributed by atoms with E-state index in [0.29, 0.717) is 0 Å². The minimum atomic E-state index is 0.900. The molecule has 0 amide bonds. The third kappa shape index (κ3) is 4.11. The summed E-state index contributed by atoms with van der Waals surface area (Å²) in [4.78, 5) is 1.38. The van der Waals surface area contributed by atoms with Crippen LogP contribution < -0.4 is 5.32 Å². The number of benzene rings is 1. The van der Waals surface area contributed by atoms with Gasteiger partial charge in [-0.05, 0) is 68.3 Å². The zero-order chi connectivity index (χ0) is 11.2. The second kappa shape index (κ2) is 6.67. The highest BCUT2D eigenvalue weighted by Crippen LogP contribution is 2.24. The summed E-state index contributed by atoms with van der Waals surface area (Å²) >= 11 is 5.43. The molecule has 0 aromatic heterocycles. The van der Waals surface area contributed by atoms with Crippen LogP contribution in [0.3, 0.4) is 0 Å². The SMILES string of the molecule is Brc1ccc(SCCC2CCCNC2)cc1. The Labute approximate surface area is 111 Å². The second-order valence-electron chi connectivity index (χ2n) is 4.30. The molecule has 16 heavy (non-hydrogen) atoms. The Hall–Kier alpha value is 0.01000. The minimum Gasteiger partial charge on any atom is -0.316 e. The highest BCUT2D eigenvalue weighted by Gasteiger charge is 2.12. The summed E-state index contributed by atoms with van der Waals surface area (Å²) in [5.41, 5.74) is 0. The van der Waals surface area contributed by atoms with E-state index in [1.807, 2.05) is 11.8 Å². The molecule has 1 heterocycles. The van der Waals surface area contributed by atoms with Gasteiger partial charge in [0.2, 0.25) is 0 Å². The molecule has 3 heteroatoms. The van der Waals surface area contributed by atoms with Gasteiger partial charge in [0.15, 0.2) is 0 Å². The van der Waals surface area contributed by atoms with E-state index in [0.717, 1.165) is 10.4 Å². The predicted octanol–water partition coefficient (Wildman–Crippen LogP) is 3.93. The van der Waals surface area contributed by atoms with Gasteiger partial charge in [-0.2, -0.15) is 0 Å². The lowest BCUT2D eigenvalue weighted by Crippen LogP contribution is -2.29. The average Bonchev–Trinajstić information content (AvgIpc) is 2.33. The molecule has 0 radical (unpaired) electrons. The van der Waals surface area contributed by atoms with Gasteiger partial charge in [0.1, 0.15) is 0 Å². The molecule has 1 nitrogen and oxygen atoms in total. The number of hydrogen-bond donors (Lipinski definition) is 1. The molecule has 1 N–H and O–H groups in total. The molecular formula is C13H18BrNS. The van der Waals surface area contributed by atoms with Gasteiger partial charge in [0.25, 0.3) is 0 Å². The van der Waals surface area contributed by atoms with Crippen LogP contribution in [0.4, 0.5) is 0 Å². The van der Waals surface area contributed by atoms with Gasteiger partial charge in [-0.1, -0.05) is 15.9 Å². The van der Waals surface area contributed by atoms with Crippen LogP contribution in [0.2, 0.25) is 0 Å². The van der Waals surface area contributed by atoms with Gasteiger partial charge in [0.05, 0.1) is 0 Å². The zero-order valence-corrected chi connectivity index (χ0v) is 11.8. The van der Waals surface area contributed by atoms with E-state index in [4.69, 9.17) is 0 Å².